The second-order valence-electron chi connectivity index (χ2n) is 8.26. The number of carbonyl (C=O) groups excluding carboxylic acids is 1. The number of hydrogen-bond donors (Lipinski definition) is 1. The minimum absolute atomic E-state index is 0.0686. The van der Waals surface area contributed by atoms with Crippen molar-refractivity contribution >= 4 is 23.2 Å². The van der Waals surface area contributed by atoms with Crippen LogP contribution in [0, 0.1) is 0 Å². The average molecular weight is 483 g/mol. The smallest absolute Gasteiger partial charge is 0.444 e. The molecule has 0 aliphatic rings. The van der Waals surface area contributed by atoms with E-state index in [2.05, 4.69) is 21.6 Å². The number of carbonyl (C=O) groups is 1. The molecule has 0 fully saturated rings. The number of aromatic nitrogens is 2. The first-order valence-electron chi connectivity index (χ1n) is 10.0. The Hall–Kier alpha value is -3.63. The van der Waals surface area contributed by atoms with E-state index in [9.17, 15) is 26.7 Å². The Kier molecular flexibility index (Phi) is 6.85. The van der Waals surface area contributed by atoms with Gasteiger partial charge in [0.15, 0.2) is 0 Å². The van der Waals surface area contributed by atoms with Crippen LogP contribution in [0.2, 0.25) is 0 Å². The van der Waals surface area contributed by atoms with Gasteiger partial charge in [-0.2, -0.15) is 8.78 Å². The molecule has 34 heavy (non-hydrogen) atoms. The van der Waals surface area contributed by atoms with Gasteiger partial charge in [0.25, 0.3) is 0 Å². The molecule has 0 saturated carbocycles. The van der Waals surface area contributed by atoms with E-state index < -0.39 is 30.4 Å². The molecule has 0 saturated heterocycles. The summed E-state index contributed by atoms with van der Waals surface area (Å²) in [5.41, 5.74) is 1.06. The van der Waals surface area contributed by atoms with E-state index in [1.54, 1.807) is 26.8 Å². The molecule has 6 nitrogen and oxygen atoms in total. The third-order valence-corrected chi connectivity index (χ3v) is 4.60. The number of fused-ring (bicyclic) bond motifs is 1. The lowest BCUT2D eigenvalue weighted by Crippen LogP contribution is -2.32. The van der Waals surface area contributed by atoms with Crippen LogP contribution in [-0.2, 0) is 11.3 Å². The SMILES string of the molecule is C=Cc1c(CNC(=O)OC(C)(C)C)cc(-c2ccc(OC(F)(F)F)cc2)c2ncn(C(F)F)c12. The Labute approximate surface area is 192 Å². The number of alkyl halides is 5. The van der Waals surface area contributed by atoms with E-state index in [0.717, 1.165) is 18.5 Å². The molecular formula is C23H22F5N3O3. The second-order valence-corrected chi connectivity index (χ2v) is 8.26. The Morgan fingerprint density at radius 2 is 1.85 bits per heavy atom. The number of ether oxygens (including phenoxy) is 2. The summed E-state index contributed by atoms with van der Waals surface area (Å²) >= 11 is 0. The minimum Gasteiger partial charge on any atom is -0.444 e. The first-order chi connectivity index (χ1) is 15.8. The molecule has 3 aromatic rings. The first kappa shape index (κ1) is 25.0. The van der Waals surface area contributed by atoms with Gasteiger partial charge >= 0.3 is 19.0 Å². The molecule has 1 heterocycles. The zero-order valence-electron chi connectivity index (χ0n) is 18.5. The maximum absolute atomic E-state index is 13.7. The van der Waals surface area contributed by atoms with E-state index in [1.165, 1.54) is 18.2 Å². The Balaban J connectivity index is 2.09. The largest absolute Gasteiger partial charge is 0.573 e. The van der Waals surface area contributed by atoms with E-state index in [4.69, 9.17) is 4.74 Å². The van der Waals surface area contributed by atoms with Crippen molar-refractivity contribution in [1.82, 2.24) is 14.9 Å². The van der Waals surface area contributed by atoms with Gasteiger partial charge in [0.05, 0.1) is 11.0 Å². The van der Waals surface area contributed by atoms with Crippen LogP contribution in [0.4, 0.5) is 26.7 Å². The van der Waals surface area contributed by atoms with Crippen molar-refractivity contribution in [2.45, 2.75) is 45.8 Å². The summed E-state index contributed by atoms with van der Waals surface area (Å²) in [5.74, 6) is -0.430. The predicted octanol–water partition coefficient (Wildman–Crippen LogP) is 6.66. The number of hydrogen-bond acceptors (Lipinski definition) is 4. The van der Waals surface area contributed by atoms with Gasteiger partial charge < -0.3 is 14.8 Å². The summed E-state index contributed by atoms with van der Waals surface area (Å²) in [6.45, 7) is 5.79. The lowest BCUT2D eigenvalue weighted by atomic mass is 9.96. The predicted molar refractivity (Wildman–Crippen MR) is 116 cm³/mol. The second kappa shape index (κ2) is 9.32. The molecule has 0 atom stereocenters. The monoisotopic (exact) mass is 483 g/mol. The van der Waals surface area contributed by atoms with E-state index in [1.807, 2.05) is 0 Å². The molecule has 0 aliphatic heterocycles. The first-order valence-corrected chi connectivity index (χ1v) is 10.0. The fourth-order valence-corrected chi connectivity index (χ4v) is 3.36. The Morgan fingerprint density at radius 1 is 1.21 bits per heavy atom. The van der Waals surface area contributed by atoms with Crippen LogP contribution in [0.5, 0.6) is 5.75 Å². The van der Waals surface area contributed by atoms with Crippen LogP contribution in [-0.4, -0.2) is 27.6 Å². The highest BCUT2D eigenvalue weighted by Crippen LogP contribution is 2.36. The molecule has 0 bridgehead atoms. The number of imidazole rings is 1. The van der Waals surface area contributed by atoms with Gasteiger partial charge in [-0.3, -0.25) is 4.57 Å². The van der Waals surface area contributed by atoms with Crippen molar-refractivity contribution in [3.63, 3.8) is 0 Å². The molecule has 0 spiro atoms. The number of benzene rings is 2. The quantitative estimate of drug-likeness (QED) is 0.398. The molecule has 0 unspecified atom stereocenters. The van der Waals surface area contributed by atoms with Crippen molar-refractivity contribution in [3.8, 4) is 16.9 Å². The normalized spacial score (nSPS) is 12.1. The maximum atomic E-state index is 13.7. The van der Waals surface area contributed by atoms with Crippen LogP contribution in [0.1, 0.15) is 38.4 Å². The zero-order chi connectivity index (χ0) is 25.3. The fourth-order valence-electron chi connectivity index (χ4n) is 3.36. The topological polar surface area (TPSA) is 65.4 Å². The molecule has 0 radical (unpaired) electrons. The van der Waals surface area contributed by atoms with Crippen molar-refractivity contribution in [2.75, 3.05) is 0 Å². The summed E-state index contributed by atoms with van der Waals surface area (Å²) < 4.78 is 74.6. The number of nitrogens with one attached hydrogen (secondary N) is 1. The molecule has 1 aromatic heterocycles. The van der Waals surface area contributed by atoms with Gasteiger partial charge in [0, 0.05) is 17.7 Å². The molecule has 1 N–H and O–H groups in total. The average Bonchev–Trinajstić information content (AvgIpc) is 3.15. The number of halogens is 5. The number of amides is 1. The maximum Gasteiger partial charge on any atom is 0.573 e. The molecule has 0 aliphatic carbocycles. The minimum atomic E-state index is -4.85. The summed E-state index contributed by atoms with van der Waals surface area (Å²) in [5, 5.41) is 2.58. The molecule has 3 rings (SSSR count). The van der Waals surface area contributed by atoms with Crippen LogP contribution in [0.25, 0.3) is 28.2 Å². The summed E-state index contributed by atoms with van der Waals surface area (Å²) in [6, 6.07) is 6.54. The lowest BCUT2D eigenvalue weighted by Gasteiger charge is -2.20. The summed E-state index contributed by atoms with van der Waals surface area (Å²) in [7, 11) is 0. The van der Waals surface area contributed by atoms with Crippen LogP contribution < -0.4 is 10.1 Å². The van der Waals surface area contributed by atoms with E-state index in [0.29, 0.717) is 26.8 Å². The van der Waals surface area contributed by atoms with Crippen molar-refractivity contribution in [1.29, 1.82) is 0 Å². The van der Waals surface area contributed by atoms with Gasteiger partial charge in [-0.1, -0.05) is 24.8 Å². The Bertz CT molecular complexity index is 1200. The number of nitrogens with zero attached hydrogens (tertiary/aromatic N) is 2. The molecular weight excluding hydrogens is 461 g/mol. The third-order valence-electron chi connectivity index (χ3n) is 4.60. The molecule has 182 valence electrons. The standard InChI is InChI=1S/C23H22F5N3O3/c1-5-16-14(11-29-21(32)34-22(2,3)4)10-17(18-19(16)31(12-30-18)20(24)25)13-6-8-15(9-7-13)33-23(26,27)28/h5-10,12,20H,1,11H2,2-4H3,(H,29,32). The van der Waals surface area contributed by atoms with Crippen molar-refractivity contribution in [3.05, 3.63) is 54.4 Å². The van der Waals surface area contributed by atoms with Crippen LogP contribution >= 0.6 is 0 Å². The molecule has 2 aromatic carbocycles. The van der Waals surface area contributed by atoms with Gasteiger partial charge in [-0.15, -0.1) is 13.2 Å². The summed E-state index contributed by atoms with van der Waals surface area (Å²) in [4.78, 5) is 16.2. The highest BCUT2D eigenvalue weighted by atomic mass is 19.4. The highest BCUT2D eigenvalue weighted by molar-refractivity contribution is 5.98. The van der Waals surface area contributed by atoms with Crippen LogP contribution in [0.3, 0.4) is 0 Å². The highest BCUT2D eigenvalue weighted by Gasteiger charge is 2.31. The van der Waals surface area contributed by atoms with Gasteiger partial charge in [-0.25, -0.2) is 9.78 Å². The van der Waals surface area contributed by atoms with Gasteiger partial charge in [-0.05, 0) is 50.1 Å². The lowest BCUT2D eigenvalue weighted by molar-refractivity contribution is -0.274. The van der Waals surface area contributed by atoms with Crippen molar-refractivity contribution < 1.29 is 36.2 Å². The molecule has 1 amide bonds. The Morgan fingerprint density at radius 3 is 2.38 bits per heavy atom. The fraction of sp³-hybridized carbons (Fsp3) is 0.304. The van der Waals surface area contributed by atoms with Crippen LogP contribution in [0.15, 0.2) is 43.2 Å². The van der Waals surface area contributed by atoms with E-state index in [-0.39, 0.29) is 17.6 Å². The zero-order valence-corrected chi connectivity index (χ0v) is 18.5. The van der Waals surface area contributed by atoms with E-state index >= 15 is 0 Å². The number of alkyl carbamates (subject to hydrolysis) is 1. The van der Waals surface area contributed by atoms with Crippen molar-refractivity contribution in [2.24, 2.45) is 0 Å². The van der Waals surface area contributed by atoms with Gasteiger partial charge in [0.1, 0.15) is 17.7 Å². The van der Waals surface area contributed by atoms with Gasteiger partial charge in [0.2, 0.25) is 0 Å². The third kappa shape index (κ3) is 5.83. The summed E-state index contributed by atoms with van der Waals surface area (Å²) in [6.07, 6.45) is -3.21. The molecule has 11 heteroatoms. The number of rotatable bonds is 6.